The quantitative estimate of drug-likeness (QED) is 0.150. The number of fused-ring (bicyclic) bond motifs is 1. The molecule has 1 saturated heterocycles. The van der Waals surface area contributed by atoms with Crippen molar-refractivity contribution in [2.75, 3.05) is 12.3 Å². The first-order chi connectivity index (χ1) is 16.3. The maximum absolute atomic E-state index is 12.1. The first kappa shape index (κ1) is 23.9. The van der Waals surface area contributed by atoms with Crippen molar-refractivity contribution in [3.63, 3.8) is 0 Å². The fraction of sp³-hybridized carbons (Fsp3) is 0.462. The third-order valence-electron chi connectivity index (χ3n) is 4.00. The molecule has 0 aromatic carbocycles. The van der Waals surface area contributed by atoms with Crippen LogP contribution in [0.15, 0.2) is 12.5 Å². The topological polar surface area (TPSA) is 279 Å². The van der Waals surface area contributed by atoms with E-state index in [2.05, 4.69) is 39.9 Å². The number of aliphatic hydroxyl groups excluding tert-OH is 1. The van der Waals surface area contributed by atoms with Crippen LogP contribution in [0.1, 0.15) is 15.9 Å². The average molecular weight is 547 g/mol. The van der Waals surface area contributed by atoms with Gasteiger partial charge in [-0.2, -0.15) is 13.6 Å². The number of hydrogen-bond acceptors (Lipinski definition) is 13. The summed E-state index contributed by atoms with van der Waals surface area (Å²) in [5.74, 6) is 4.35. The number of aliphatic hydroxyl groups is 2. The number of ether oxygens (including phenoxy) is 1. The Kier molecular flexibility index (Phi) is 6.57. The van der Waals surface area contributed by atoms with E-state index in [1.807, 2.05) is 0 Å². The molecule has 0 aliphatic carbocycles. The van der Waals surface area contributed by atoms with Crippen molar-refractivity contribution in [3.8, 4) is 11.8 Å². The summed E-state index contributed by atoms with van der Waals surface area (Å²) in [5.41, 5.74) is 3.06. The minimum Gasteiger partial charge on any atom is -0.386 e. The molecule has 3 heterocycles. The molecule has 3 rings (SSSR count). The molecule has 0 saturated carbocycles. The normalized spacial score (nSPS) is 30.0. The van der Waals surface area contributed by atoms with Gasteiger partial charge in [0.15, 0.2) is 17.5 Å². The smallest absolute Gasteiger partial charge is 0.386 e. The standard InChI is InChI=1S/C13H18N5O13P3/c1-2-3-13(20)9(19)8(5-28-33(24,25)31-34(26,27)30-32(21,22)23)29-11(13)18-6-16-7-4-15-12(14)17-10(7)18/h4,6,8-9,11,19-20H,5H2,1H3,(H,24,25)(H,26,27)(H2,14,15,17)(H2,21,22,23)/t8-,9+,11-,13?/m1/s1/i5D2. The molecule has 6 atom stereocenters. The van der Waals surface area contributed by atoms with Crippen LogP contribution in [-0.4, -0.2) is 73.7 Å². The van der Waals surface area contributed by atoms with E-state index in [9.17, 15) is 33.7 Å². The van der Waals surface area contributed by atoms with E-state index in [-0.39, 0.29) is 17.1 Å². The van der Waals surface area contributed by atoms with Crippen LogP contribution in [0, 0.1) is 11.8 Å². The van der Waals surface area contributed by atoms with Crippen molar-refractivity contribution in [1.29, 1.82) is 0 Å². The van der Waals surface area contributed by atoms with Gasteiger partial charge in [-0.1, -0.05) is 5.92 Å². The van der Waals surface area contributed by atoms with Gasteiger partial charge in [0, 0.05) is 0 Å². The highest BCUT2D eigenvalue weighted by molar-refractivity contribution is 7.66. The molecular formula is C13H18N5O13P3. The fourth-order valence-electron chi connectivity index (χ4n) is 2.83. The number of nitrogens with zero attached hydrogens (tertiary/aromatic N) is 4. The zero-order chi connectivity index (χ0) is 27.3. The number of rotatable bonds is 8. The molecule has 18 nitrogen and oxygen atoms in total. The maximum Gasteiger partial charge on any atom is 0.490 e. The first-order valence-corrected chi connectivity index (χ1v) is 13.1. The summed E-state index contributed by atoms with van der Waals surface area (Å²) in [6.45, 7) is -2.32. The van der Waals surface area contributed by atoms with Crippen LogP contribution in [0.3, 0.4) is 0 Å². The van der Waals surface area contributed by atoms with Crippen molar-refractivity contribution in [2.24, 2.45) is 0 Å². The minimum atomic E-state index is -6.00. The Morgan fingerprint density at radius 1 is 1.26 bits per heavy atom. The Hall–Kier alpha value is -1.80. The molecule has 1 fully saturated rings. The van der Waals surface area contributed by atoms with Gasteiger partial charge in [-0.25, -0.2) is 23.7 Å². The molecule has 2 aromatic heterocycles. The van der Waals surface area contributed by atoms with Crippen LogP contribution in [0.25, 0.3) is 11.2 Å². The summed E-state index contributed by atoms with van der Waals surface area (Å²) in [4.78, 5) is 47.8. The lowest BCUT2D eigenvalue weighted by Gasteiger charge is -2.26. The number of phosphoric ester groups is 1. The highest BCUT2D eigenvalue weighted by atomic mass is 31.3. The van der Waals surface area contributed by atoms with Gasteiger partial charge in [0.1, 0.15) is 17.7 Å². The monoisotopic (exact) mass is 547 g/mol. The molecular weight excluding hydrogens is 527 g/mol. The number of hydrogen-bond donors (Lipinski definition) is 7. The Morgan fingerprint density at radius 2 is 1.94 bits per heavy atom. The van der Waals surface area contributed by atoms with Crippen molar-refractivity contribution in [2.45, 2.75) is 31.0 Å². The van der Waals surface area contributed by atoms with Crippen molar-refractivity contribution in [3.05, 3.63) is 12.5 Å². The third kappa shape index (κ3) is 5.88. The number of phosphoric acid groups is 3. The second-order valence-corrected chi connectivity index (χ2v) is 10.8. The summed E-state index contributed by atoms with van der Waals surface area (Å²) in [5, 5.41) is 21.8. The van der Waals surface area contributed by atoms with E-state index < -0.39 is 54.1 Å². The van der Waals surface area contributed by atoms with Gasteiger partial charge < -0.3 is 40.3 Å². The molecule has 21 heteroatoms. The second kappa shape index (κ2) is 9.34. The van der Waals surface area contributed by atoms with Gasteiger partial charge in [-0.3, -0.25) is 9.09 Å². The molecule has 0 amide bonds. The lowest BCUT2D eigenvalue weighted by atomic mass is 9.94. The Morgan fingerprint density at radius 3 is 2.56 bits per heavy atom. The third-order valence-corrected chi connectivity index (χ3v) is 7.67. The molecule has 0 radical (unpaired) electrons. The van der Waals surface area contributed by atoms with Crippen LogP contribution in [0.2, 0.25) is 0 Å². The van der Waals surface area contributed by atoms with Gasteiger partial charge in [-0.05, 0) is 6.92 Å². The molecule has 3 unspecified atom stereocenters. The molecule has 8 N–H and O–H groups in total. The van der Waals surface area contributed by atoms with E-state index >= 15 is 0 Å². The van der Waals surface area contributed by atoms with Crippen LogP contribution < -0.4 is 5.73 Å². The molecule has 0 bridgehead atoms. The summed E-state index contributed by atoms with van der Waals surface area (Å²) in [6, 6.07) is 0. The average Bonchev–Trinajstić information content (AvgIpc) is 3.17. The van der Waals surface area contributed by atoms with Crippen LogP contribution >= 0.6 is 23.5 Å². The number of nitrogen functional groups attached to an aromatic ring is 1. The van der Waals surface area contributed by atoms with Crippen molar-refractivity contribution < 1.29 is 64.1 Å². The van der Waals surface area contributed by atoms with E-state index in [0.29, 0.717) is 0 Å². The Balaban J connectivity index is 1.95. The zero-order valence-corrected chi connectivity index (χ0v) is 19.3. The van der Waals surface area contributed by atoms with E-state index in [1.165, 1.54) is 13.1 Å². The molecule has 34 heavy (non-hydrogen) atoms. The predicted octanol–water partition coefficient (Wildman–Crippen LogP) is -1.24. The number of anilines is 1. The Labute approximate surface area is 192 Å². The molecule has 188 valence electrons. The first-order valence-electron chi connectivity index (χ1n) is 9.60. The zero-order valence-electron chi connectivity index (χ0n) is 18.6. The van der Waals surface area contributed by atoms with Gasteiger partial charge in [-0.15, -0.1) is 5.92 Å². The molecule has 1 aliphatic rings. The van der Waals surface area contributed by atoms with E-state index in [0.717, 1.165) is 10.9 Å². The van der Waals surface area contributed by atoms with Crippen molar-refractivity contribution in [1.82, 2.24) is 19.5 Å². The van der Waals surface area contributed by atoms with Gasteiger partial charge in [0.2, 0.25) is 5.95 Å². The number of aromatic nitrogens is 4. The number of nitrogens with two attached hydrogens (primary N) is 1. The second-order valence-electron chi connectivity index (χ2n) is 6.44. The Bertz CT molecular complexity index is 1370. The maximum atomic E-state index is 12.1. The van der Waals surface area contributed by atoms with E-state index in [4.69, 9.17) is 23.0 Å². The molecule has 0 spiro atoms. The molecule has 2 aromatic rings. The molecule has 1 aliphatic heterocycles. The SMILES string of the molecule is [2H]C([2H])(OP(=O)(O)OP(=O)(O)OP(=O)(O)O)[C@H]1O[C@@H](n2cnc3cnc(N)nc32)C(O)(C#CC)[C@H]1O. The highest BCUT2D eigenvalue weighted by Crippen LogP contribution is 2.66. The summed E-state index contributed by atoms with van der Waals surface area (Å²) in [7, 11) is -17.7. The van der Waals surface area contributed by atoms with Gasteiger partial charge in [0.25, 0.3) is 0 Å². The number of imidazole rings is 1. The predicted molar refractivity (Wildman–Crippen MR) is 108 cm³/mol. The van der Waals surface area contributed by atoms with Crippen LogP contribution in [0.5, 0.6) is 0 Å². The van der Waals surface area contributed by atoms with Gasteiger partial charge in [0.05, 0.1) is 21.8 Å². The van der Waals surface area contributed by atoms with Crippen LogP contribution in [-0.2, 0) is 31.6 Å². The van der Waals surface area contributed by atoms with Gasteiger partial charge >= 0.3 is 23.5 Å². The summed E-state index contributed by atoms with van der Waals surface area (Å²) >= 11 is 0. The fourth-order valence-corrected chi connectivity index (χ4v) is 5.70. The van der Waals surface area contributed by atoms with Crippen molar-refractivity contribution >= 4 is 40.6 Å². The largest absolute Gasteiger partial charge is 0.490 e. The summed E-state index contributed by atoms with van der Waals surface area (Å²) < 4.78 is 68.0. The minimum absolute atomic E-state index is 0.0369. The van der Waals surface area contributed by atoms with Crippen LogP contribution in [0.4, 0.5) is 5.95 Å². The summed E-state index contributed by atoms with van der Waals surface area (Å²) in [6.07, 6.45) is -4.14. The lowest BCUT2D eigenvalue weighted by molar-refractivity contribution is -0.0718. The highest BCUT2D eigenvalue weighted by Gasteiger charge is 2.56. The lowest BCUT2D eigenvalue weighted by Crippen LogP contribution is -2.46. The van der Waals surface area contributed by atoms with E-state index in [1.54, 1.807) is 0 Å².